The van der Waals surface area contributed by atoms with Gasteiger partial charge in [-0.3, -0.25) is 9.59 Å². The summed E-state index contributed by atoms with van der Waals surface area (Å²) in [6, 6.07) is 21.2. The summed E-state index contributed by atoms with van der Waals surface area (Å²) < 4.78 is 0. The molecule has 0 unspecified atom stereocenters. The normalized spacial score (nSPS) is 14.5. The van der Waals surface area contributed by atoms with E-state index >= 15 is 0 Å². The average molecular weight is 402 g/mol. The van der Waals surface area contributed by atoms with E-state index in [0.29, 0.717) is 17.2 Å². The van der Waals surface area contributed by atoms with E-state index in [-0.39, 0.29) is 18.4 Å². The molecule has 0 radical (unpaired) electrons. The van der Waals surface area contributed by atoms with E-state index < -0.39 is 0 Å². The van der Waals surface area contributed by atoms with Crippen LogP contribution in [0.2, 0.25) is 0 Å². The van der Waals surface area contributed by atoms with Crippen LogP contribution >= 0.6 is 0 Å². The zero-order valence-corrected chi connectivity index (χ0v) is 17.2. The van der Waals surface area contributed by atoms with Crippen LogP contribution in [0.15, 0.2) is 66.7 Å². The molecule has 1 fully saturated rings. The van der Waals surface area contributed by atoms with Gasteiger partial charge in [-0.15, -0.1) is 0 Å². The van der Waals surface area contributed by atoms with E-state index in [1.165, 1.54) is 0 Å². The van der Waals surface area contributed by atoms with Crippen molar-refractivity contribution < 1.29 is 9.59 Å². The number of carbonyl (C=O) groups is 2. The highest BCUT2D eigenvalue weighted by atomic mass is 16.2. The molecule has 1 saturated heterocycles. The Labute approximate surface area is 177 Å². The molecular formula is C25H27N3O2. The lowest BCUT2D eigenvalue weighted by Gasteiger charge is -2.30. The van der Waals surface area contributed by atoms with Gasteiger partial charge in [0.05, 0.1) is 6.54 Å². The van der Waals surface area contributed by atoms with Crippen LogP contribution in [-0.2, 0) is 4.79 Å². The van der Waals surface area contributed by atoms with Crippen LogP contribution in [0, 0.1) is 5.92 Å². The molecule has 0 aromatic heterocycles. The third kappa shape index (κ3) is 4.62. The predicted molar refractivity (Wildman–Crippen MR) is 122 cm³/mol. The summed E-state index contributed by atoms with van der Waals surface area (Å²) in [4.78, 5) is 26.9. The second kappa shape index (κ2) is 8.99. The maximum atomic E-state index is 12.6. The van der Waals surface area contributed by atoms with Crippen LogP contribution < -0.4 is 10.6 Å². The van der Waals surface area contributed by atoms with Crippen molar-refractivity contribution in [1.29, 1.82) is 0 Å². The lowest BCUT2D eigenvalue weighted by atomic mass is 9.98. The Hall–Kier alpha value is -3.34. The third-order valence-electron chi connectivity index (χ3n) is 5.72. The van der Waals surface area contributed by atoms with Gasteiger partial charge < -0.3 is 15.5 Å². The Morgan fingerprint density at radius 2 is 1.63 bits per heavy atom. The van der Waals surface area contributed by atoms with E-state index in [9.17, 15) is 9.59 Å². The number of rotatable bonds is 5. The van der Waals surface area contributed by atoms with Crippen LogP contribution in [0.25, 0.3) is 10.8 Å². The summed E-state index contributed by atoms with van der Waals surface area (Å²) in [5.74, 6) is 0.624. The molecule has 4 rings (SSSR count). The minimum Gasteiger partial charge on any atom is -0.376 e. The van der Waals surface area contributed by atoms with E-state index in [0.717, 1.165) is 42.4 Å². The third-order valence-corrected chi connectivity index (χ3v) is 5.72. The number of nitrogens with one attached hydrogen (secondary N) is 2. The van der Waals surface area contributed by atoms with Crippen molar-refractivity contribution in [2.75, 3.05) is 30.3 Å². The number of nitrogens with zero attached hydrogens (tertiary/aromatic N) is 1. The van der Waals surface area contributed by atoms with Crippen LogP contribution in [0.4, 0.5) is 11.4 Å². The van der Waals surface area contributed by atoms with Gasteiger partial charge in [0.1, 0.15) is 0 Å². The monoisotopic (exact) mass is 401 g/mol. The van der Waals surface area contributed by atoms with E-state index in [2.05, 4.69) is 17.6 Å². The first-order valence-electron chi connectivity index (χ1n) is 10.5. The fraction of sp³-hybridized carbons (Fsp3) is 0.280. The quantitative estimate of drug-likeness (QED) is 0.648. The fourth-order valence-electron chi connectivity index (χ4n) is 3.85. The molecule has 154 valence electrons. The largest absolute Gasteiger partial charge is 0.376 e. The molecule has 2 N–H and O–H groups in total. The molecule has 30 heavy (non-hydrogen) atoms. The Bertz CT molecular complexity index is 1030. The lowest BCUT2D eigenvalue weighted by molar-refractivity contribution is -0.114. The van der Waals surface area contributed by atoms with E-state index in [4.69, 9.17) is 0 Å². The Balaban J connectivity index is 1.33. The first-order valence-corrected chi connectivity index (χ1v) is 10.5. The summed E-state index contributed by atoms with van der Waals surface area (Å²) in [5, 5.41) is 8.31. The van der Waals surface area contributed by atoms with Crippen molar-refractivity contribution in [3.05, 3.63) is 72.3 Å². The van der Waals surface area contributed by atoms with Crippen molar-refractivity contribution in [3.8, 4) is 0 Å². The topological polar surface area (TPSA) is 61.4 Å². The molecule has 0 saturated carbocycles. The molecule has 3 aromatic carbocycles. The van der Waals surface area contributed by atoms with Gasteiger partial charge in [-0.2, -0.15) is 0 Å². The molecule has 2 amide bonds. The van der Waals surface area contributed by atoms with Crippen LogP contribution in [0.3, 0.4) is 0 Å². The molecule has 5 nitrogen and oxygen atoms in total. The highest BCUT2D eigenvalue weighted by molar-refractivity contribution is 5.99. The predicted octanol–water partition coefficient (Wildman–Crippen LogP) is 4.76. The molecule has 1 aliphatic rings. The summed E-state index contributed by atoms with van der Waals surface area (Å²) >= 11 is 0. The van der Waals surface area contributed by atoms with Crippen LogP contribution in [-0.4, -0.2) is 36.3 Å². The number of likely N-dealkylation sites (tertiary alicyclic amines) is 1. The molecule has 0 aliphatic carbocycles. The lowest BCUT2D eigenvalue weighted by Crippen LogP contribution is -2.37. The molecule has 1 aliphatic heterocycles. The number of fused-ring (bicyclic) bond motifs is 1. The van der Waals surface area contributed by atoms with Gasteiger partial charge in [0.25, 0.3) is 5.91 Å². The number of carbonyl (C=O) groups excluding carboxylic acids is 2. The van der Waals surface area contributed by atoms with Gasteiger partial charge in [0, 0.05) is 35.4 Å². The first kappa shape index (κ1) is 20.0. The SMILES string of the molecule is CC1CCN(C(=O)c2ccc(NC(=O)CNc3cccc4ccccc34)cc2)CC1. The van der Waals surface area contributed by atoms with Crippen LogP contribution in [0.1, 0.15) is 30.1 Å². The number of amides is 2. The fourth-order valence-corrected chi connectivity index (χ4v) is 3.85. The Kier molecular flexibility index (Phi) is 5.98. The van der Waals surface area contributed by atoms with Crippen molar-refractivity contribution in [3.63, 3.8) is 0 Å². The second-order valence-electron chi connectivity index (χ2n) is 7.98. The summed E-state index contributed by atoms with van der Waals surface area (Å²) in [7, 11) is 0. The zero-order valence-electron chi connectivity index (χ0n) is 17.2. The van der Waals surface area contributed by atoms with Gasteiger partial charge in [0.15, 0.2) is 0 Å². The van der Waals surface area contributed by atoms with Gasteiger partial charge in [-0.1, -0.05) is 43.3 Å². The maximum Gasteiger partial charge on any atom is 0.253 e. The molecule has 0 spiro atoms. The maximum absolute atomic E-state index is 12.6. The average Bonchev–Trinajstić information content (AvgIpc) is 2.78. The van der Waals surface area contributed by atoms with Crippen molar-refractivity contribution in [1.82, 2.24) is 4.90 Å². The number of benzene rings is 3. The van der Waals surface area contributed by atoms with Crippen molar-refractivity contribution in [2.45, 2.75) is 19.8 Å². The van der Waals surface area contributed by atoms with Gasteiger partial charge in [0.2, 0.25) is 5.91 Å². The van der Waals surface area contributed by atoms with E-state index in [1.54, 1.807) is 24.3 Å². The summed E-state index contributed by atoms with van der Waals surface area (Å²) in [5.41, 5.74) is 2.28. The minimum absolute atomic E-state index is 0.0670. The Morgan fingerprint density at radius 3 is 2.40 bits per heavy atom. The van der Waals surface area contributed by atoms with E-state index in [1.807, 2.05) is 47.4 Å². The number of piperidine rings is 1. The van der Waals surface area contributed by atoms with Crippen molar-refractivity contribution in [2.24, 2.45) is 5.92 Å². The molecule has 1 heterocycles. The van der Waals surface area contributed by atoms with Crippen molar-refractivity contribution >= 4 is 34.0 Å². The first-order chi connectivity index (χ1) is 14.6. The highest BCUT2D eigenvalue weighted by Crippen LogP contribution is 2.23. The van der Waals surface area contributed by atoms with Crippen LogP contribution in [0.5, 0.6) is 0 Å². The van der Waals surface area contributed by atoms with Gasteiger partial charge >= 0.3 is 0 Å². The molecule has 3 aromatic rings. The van der Waals surface area contributed by atoms with Gasteiger partial charge in [-0.05, 0) is 54.5 Å². The molecular weight excluding hydrogens is 374 g/mol. The van der Waals surface area contributed by atoms with Gasteiger partial charge in [-0.25, -0.2) is 0 Å². The summed E-state index contributed by atoms with van der Waals surface area (Å²) in [6.07, 6.45) is 2.12. The smallest absolute Gasteiger partial charge is 0.253 e. The standard InChI is InChI=1S/C25H27N3O2/c1-18-13-15-28(16-14-18)25(30)20-9-11-21(12-10-20)27-24(29)17-26-23-8-4-6-19-5-2-3-7-22(19)23/h2-12,18,26H,13-17H2,1H3,(H,27,29). The number of anilines is 2. The summed E-state index contributed by atoms with van der Waals surface area (Å²) in [6.45, 7) is 4.03. The molecule has 5 heteroatoms. The molecule has 0 bridgehead atoms. The number of hydrogen-bond donors (Lipinski definition) is 2. The zero-order chi connectivity index (χ0) is 20.9. The Morgan fingerprint density at radius 1 is 0.933 bits per heavy atom. The number of hydrogen-bond acceptors (Lipinski definition) is 3. The second-order valence-corrected chi connectivity index (χ2v) is 7.98. The highest BCUT2D eigenvalue weighted by Gasteiger charge is 2.21. The molecule has 0 atom stereocenters. The minimum atomic E-state index is -0.132.